The number of aryl methyl sites for hydroxylation is 1. The average molecular weight is 239 g/mol. The number of hydrogen-bond acceptors (Lipinski definition) is 0. The molecule has 0 aliphatic rings. The van der Waals surface area contributed by atoms with Crippen molar-refractivity contribution >= 4 is 40.0 Å². The van der Waals surface area contributed by atoms with Gasteiger partial charge >= 0.3 is 23.1 Å². The van der Waals surface area contributed by atoms with Crippen LogP contribution in [0.4, 0.5) is 0 Å². The first-order chi connectivity index (χ1) is 4.93. The third-order valence-corrected chi connectivity index (χ3v) is 1.20. The van der Waals surface area contributed by atoms with E-state index >= 15 is 0 Å². The summed E-state index contributed by atoms with van der Waals surface area (Å²) in [7, 11) is 0. The topological polar surface area (TPSA) is 0 Å². The molecule has 0 bridgehead atoms. The fraction of sp³-hybridized carbons (Fsp3) is 0.300. The molecule has 64 valence electrons. The predicted octanol–water partition coefficient (Wildman–Crippen LogP) is 3.09. The van der Waals surface area contributed by atoms with Crippen molar-refractivity contribution in [3.05, 3.63) is 42.8 Å². The Kier molecular flexibility index (Phi) is 21.4. The fourth-order valence-corrected chi connectivity index (χ4v) is 0.657. The van der Waals surface area contributed by atoms with Gasteiger partial charge in [0.2, 0.25) is 0 Å². The molecule has 1 rings (SSSR count). The molecule has 0 saturated carbocycles. The van der Waals surface area contributed by atoms with Crippen LogP contribution in [0.1, 0.15) is 19.4 Å². The van der Waals surface area contributed by atoms with Gasteiger partial charge in [0.25, 0.3) is 0 Å². The zero-order chi connectivity index (χ0) is 7.82. The zero-order valence-corrected chi connectivity index (χ0v) is 11.0. The second-order valence-corrected chi connectivity index (χ2v) is 1.76. The molecule has 12 heavy (non-hydrogen) atoms. The fourth-order valence-electron chi connectivity index (χ4n) is 0.657. The van der Waals surface area contributed by atoms with Gasteiger partial charge in [-0.05, 0) is 0 Å². The quantitative estimate of drug-likeness (QED) is 0.522. The van der Waals surface area contributed by atoms with Crippen LogP contribution in [0, 0.1) is 13.0 Å². The van der Waals surface area contributed by atoms with E-state index in [-0.39, 0.29) is 40.0 Å². The summed E-state index contributed by atoms with van der Waals surface area (Å²) in [4.78, 5) is 0. The zero-order valence-electron chi connectivity index (χ0n) is 7.84. The number of halogens is 1. The van der Waals surface area contributed by atoms with Crippen molar-refractivity contribution in [1.82, 2.24) is 0 Å². The van der Waals surface area contributed by atoms with Crippen LogP contribution < -0.4 is 0 Å². The van der Waals surface area contributed by atoms with E-state index in [1.165, 1.54) is 5.56 Å². The maximum absolute atomic E-state index is 3.25. The Hall–Kier alpha value is 0.466. The molecule has 0 heterocycles. The van der Waals surface area contributed by atoms with E-state index < -0.39 is 0 Å². The third-order valence-electron chi connectivity index (χ3n) is 1.20. The van der Waals surface area contributed by atoms with E-state index in [1.54, 1.807) is 6.92 Å². The Balaban J connectivity index is -0.000000189. The molecule has 1 aromatic carbocycles. The van der Waals surface area contributed by atoms with Gasteiger partial charge in [0.1, 0.15) is 0 Å². The monoisotopic (exact) mass is 238 g/mol. The van der Waals surface area contributed by atoms with E-state index in [0.29, 0.717) is 0 Å². The van der Waals surface area contributed by atoms with Crippen molar-refractivity contribution in [1.29, 1.82) is 0 Å². The molecule has 0 spiro atoms. The van der Waals surface area contributed by atoms with Gasteiger partial charge in [-0.15, -0.1) is 17.0 Å². The largest absolute Gasteiger partial charge is 2.00 e. The smallest absolute Gasteiger partial charge is 0.346 e. The molecule has 0 atom stereocenters. The van der Waals surface area contributed by atoms with E-state index in [2.05, 4.69) is 32.0 Å². The van der Waals surface area contributed by atoms with Gasteiger partial charge < -0.3 is 6.92 Å². The number of rotatable bonds is 1. The number of benzene rings is 1. The van der Waals surface area contributed by atoms with Crippen molar-refractivity contribution in [3.63, 3.8) is 0 Å². The minimum absolute atomic E-state index is 0. The summed E-state index contributed by atoms with van der Waals surface area (Å²) < 4.78 is 0. The van der Waals surface area contributed by atoms with Crippen LogP contribution in [0.2, 0.25) is 0 Å². The van der Waals surface area contributed by atoms with Crippen molar-refractivity contribution in [2.45, 2.75) is 20.3 Å². The van der Waals surface area contributed by atoms with Gasteiger partial charge in [-0.25, -0.2) is 0 Å². The third kappa shape index (κ3) is 8.56. The van der Waals surface area contributed by atoms with Gasteiger partial charge in [-0.3, -0.25) is 0 Å². The normalized spacial score (nSPS) is 6.58. The summed E-state index contributed by atoms with van der Waals surface area (Å²) in [5, 5.41) is 0. The summed E-state index contributed by atoms with van der Waals surface area (Å²) in [5.41, 5.74) is 1.38. The average Bonchev–Trinajstić information content (AvgIpc) is 2.10. The van der Waals surface area contributed by atoms with Crippen LogP contribution in [0.15, 0.2) is 24.3 Å². The van der Waals surface area contributed by atoms with Crippen LogP contribution in [-0.2, 0) is 6.42 Å². The maximum Gasteiger partial charge on any atom is 2.00 e. The van der Waals surface area contributed by atoms with Crippen molar-refractivity contribution in [3.8, 4) is 0 Å². The van der Waals surface area contributed by atoms with Crippen molar-refractivity contribution in [2.24, 2.45) is 0 Å². The minimum Gasteiger partial charge on any atom is -0.346 e. The van der Waals surface area contributed by atoms with Gasteiger partial charge in [-0.1, -0.05) is 13.3 Å². The summed E-state index contributed by atoms with van der Waals surface area (Å²) in [6.45, 7) is 7.15. The van der Waals surface area contributed by atoms with Crippen LogP contribution in [0.25, 0.3) is 0 Å². The Bertz CT molecular complexity index is 151. The van der Waals surface area contributed by atoms with Crippen LogP contribution >= 0.6 is 17.0 Å². The number of hydrogen-bond donors (Lipinski definition) is 0. The van der Waals surface area contributed by atoms with Crippen molar-refractivity contribution in [2.75, 3.05) is 0 Å². The van der Waals surface area contributed by atoms with Gasteiger partial charge in [0.15, 0.2) is 0 Å². The first-order valence-corrected chi connectivity index (χ1v) is 3.59. The molecule has 1 aromatic rings. The summed E-state index contributed by atoms with van der Waals surface area (Å²) in [6.07, 6.45) is 1.12. The first-order valence-electron chi connectivity index (χ1n) is 3.59. The Morgan fingerprint density at radius 2 is 1.67 bits per heavy atom. The maximum atomic E-state index is 3.25. The molecule has 0 saturated heterocycles. The molecule has 2 heteroatoms. The molecule has 0 radical (unpaired) electrons. The first kappa shape index (κ1) is 18.3. The minimum atomic E-state index is 0. The molecule has 0 aromatic heterocycles. The Morgan fingerprint density at radius 3 is 1.92 bits per heavy atom. The van der Waals surface area contributed by atoms with Gasteiger partial charge in [0.05, 0.1) is 0 Å². The Morgan fingerprint density at radius 1 is 1.25 bits per heavy atom. The summed E-state index contributed by atoms with van der Waals surface area (Å²) >= 11 is 0. The van der Waals surface area contributed by atoms with E-state index in [0.717, 1.165) is 6.42 Å². The van der Waals surface area contributed by atoms with Crippen molar-refractivity contribution < 1.29 is 0 Å². The molecular weight excluding hydrogens is 224 g/mol. The summed E-state index contributed by atoms with van der Waals surface area (Å²) in [5.74, 6) is 0. The molecule has 0 fully saturated rings. The Labute approximate surface area is 103 Å². The van der Waals surface area contributed by atoms with Crippen LogP contribution in [0.5, 0.6) is 0 Å². The second-order valence-electron chi connectivity index (χ2n) is 1.76. The SMILES string of the molecule is Br.CCc1cc[c-]cc1.[CH2-]C.[Mg+2]. The van der Waals surface area contributed by atoms with Crippen LogP contribution in [0.3, 0.4) is 0 Å². The molecule has 0 aliphatic heterocycles. The van der Waals surface area contributed by atoms with Crippen LogP contribution in [-0.4, -0.2) is 23.1 Å². The van der Waals surface area contributed by atoms with Gasteiger partial charge in [-0.2, -0.15) is 42.8 Å². The second kappa shape index (κ2) is 14.0. The van der Waals surface area contributed by atoms with E-state index in [1.807, 2.05) is 12.1 Å². The predicted molar refractivity (Wildman–Crippen MR) is 61.8 cm³/mol. The van der Waals surface area contributed by atoms with E-state index in [9.17, 15) is 0 Å². The standard InChI is InChI=1S/C8H9.C2H5.BrH.Mg/c1-2-8-6-4-3-5-7-8;1-2;;/h4-7H,2H2,1H3;1H2,2H3;1H;/q2*-1;;+2. The van der Waals surface area contributed by atoms with E-state index in [4.69, 9.17) is 0 Å². The molecule has 0 nitrogen and oxygen atoms in total. The molecule has 0 amide bonds. The van der Waals surface area contributed by atoms with Gasteiger partial charge in [0, 0.05) is 0 Å². The molecular formula is C10H15BrMg. The summed E-state index contributed by atoms with van der Waals surface area (Å²) in [6, 6.07) is 11.0. The molecule has 0 N–H and O–H groups in total. The molecule has 0 unspecified atom stereocenters. The molecule has 0 aliphatic carbocycles.